The summed E-state index contributed by atoms with van der Waals surface area (Å²) in [6.07, 6.45) is 1.74. The highest BCUT2D eigenvalue weighted by atomic mass is 16.6. The van der Waals surface area contributed by atoms with Crippen molar-refractivity contribution in [3.8, 4) is 0 Å². The largest absolute Gasteiger partial charge is 0.480 e. The van der Waals surface area contributed by atoms with E-state index >= 15 is 0 Å². The SMILES string of the molecule is CC[C@@H]1CCN(C(=O)OCc2ccccc2)[C@H](C(=O)O)C1. The molecule has 114 valence electrons. The normalized spacial score (nSPS) is 21.9. The van der Waals surface area contributed by atoms with E-state index in [-0.39, 0.29) is 6.61 Å². The summed E-state index contributed by atoms with van der Waals surface area (Å²) in [4.78, 5) is 24.8. The zero-order valence-corrected chi connectivity index (χ0v) is 12.2. The van der Waals surface area contributed by atoms with E-state index in [1.807, 2.05) is 37.3 Å². The van der Waals surface area contributed by atoms with Crippen LogP contribution in [-0.2, 0) is 16.1 Å². The summed E-state index contributed by atoms with van der Waals surface area (Å²) in [6.45, 7) is 2.66. The van der Waals surface area contributed by atoms with Crippen molar-refractivity contribution in [2.24, 2.45) is 5.92 Å². The van der Waals surface area contributed by atoms with Crippen molar-refractivity contribution in [3.05, 3.63) is 35.9 Å². The van der Waals surface area contributed by atoms with Gasteiger partial charge in [0.25, 0.3) is 0 Å². The second-order valence-corrected chi connectivity index (χ2v) is 5.39. The molecule has 1 amide bonds. The number of carboxylic acid groups (broad SMARTS) is 1. The fourth-order valence-corrected chi connectivity index (χ4v) is 2.66. The van der Waals surface area contributed by atoms with Crippen LogP contribution in [0, 0.1) is 5.92 Å². The summed E-state index contributed by atoms with van der Waals surface area (Å²) in [5.41, 5.74) is 0.890. The standard InChI is InChI=1S/C16H21NO4/c1-2-12-8-9-17(14(10-12)15(18)19)16(20)21-11-13-6-4-3-5-7-13/h3-7,12,14H,2,8-11H2,1H3,(H,18,19)/t12-,14+/m1/s1. The van der Waals surface area contributed by atoms with E-state index in [2.05, 4.69) is 0 Å². The minimum absolute atomic E-state index is 0.166. The van der Waals surface area contributed by atoms with Crippen molar-refractivity contribution < 1.29 is 19.4 Å². The van der Waals surface area contributed by atoms with Gasteiger partial charge in [-0.2, -0.15) is 0 Å². The van der Waals surface area contributed by atoms with Crippen LogP contribution in [0.15, 0.2) is 30.3 Å². The Morgan fingerprint density at radius 1 is 1.33 bits per heavy atom. The number of piperidine rings is 1. The van der Waals surface area contributed by atoms with Crippen LogP contribution in [0.1, 0.15) is 31.7 Å². The number of aliphatic carboxylic acids is 1. The third-order valence-electron chi connectivity index (χ3n) is 4.01. The molecule has 1 fully saturated rings. The minimum atomic E-state index is -0.954. The number of hydrogen-bond donors (Lipinski definition) is 1. The van der Waals surface area contributed by atoms with Gasteiger partial charge in [-0.3, -0.25) is 4.90 Å². The van der Waals surface area contributed by atoms with Crippen molar-refractivity contribution in [1.29, 1.82) is 0 Å². The van der Waals surface area contributed by atoms with E-state index < -0.39 is 18.1 Å². The summed E-state index contributed by atoms with van der Waals surface area (Å²) in [5.74, 6) is -0.589. The maximum Gasteiger partial charge on any atom is 0.410 e. The van der Waals surface area contributed by atoms with Crippen LogP contribution in [0.5, 0.6) is 0 Å². The molecule has 1 N–H and O–H groups in total. The number of amides is 1. The Morgan fingerprint density at radius 2 is 2.05 bits per heavy atom. The molecular formula is C16H21NO4. The first-order valence-corrected chi connectivity index (χ1v) is 7.32. The monoisotopic (exact) mass is 291 g/mol. The number of ether oxygens (including phenoxy) is 1. The quantitative estimate of drug-likeness (QED) is 0.926. The number of carbonyl (C=O) groups is 2. The maximum absolute atomic E-state index is 12.1. The number of carbonyl (C=O) groups excluding carboxylic acids is 1. The number of rotatable bonds is 4. The Balaban J connectivity index is 1.95. The van der Waals surface area contributed by atoms with E-state index in [0.717, 1.165) is 18.4 Å². The van der Waals surface area contributed by atoms with Gasteiger partial charge in [-0.15, -0.1) is 0 Å². The molecule has 0 aliphatic carbocycles. The summed E-state index contributed by atoms with van der Waals surface area (Å²) in [7, 11) is 0. The van der Waals surface area contributed by atoms with Crippen molar-refractivity contribution in [2.45, 2.75) is 38.8 Å². The summed E-state index contributed by atoms with van der Waals surface area (Å²) in [5, 5.41) is 9.31. The van der Waals surface area contributed by atoms with Gasteiger partial charge in [0.05, 0.1) is 0 Å². The molecule has 0 unspecified atom stereocenters. The van der Waals surface area contributed by atoms with Gasteiger partial charge in [0.15, 0.2) is 0 Å². The van der Waals surface area contributed by atoms with Crippen LogP contribution in [0.3, 0.4) is 0 Å². The molecule has 2 rings (SSSR count). The zero-order valence-electron chi connectivity index (χ0n) is 12.2. The van der Waals surface area contributed by atoms with E-state index in [1.165, 1.54) is 4.90 Å². The number of benzene rings is 1. The average molecular weight is 291 g/mol. The van der Waals surface area contributed by atoms with E-state index in [4.69, 9.17) is 4.74 Å². The molecule has 1 saturated heterocycles. The number of nitrogens with zero attached hydrogens (tertiary/aromatic N) is 1. The highest BCUT2D eigenvalue weighted by Gasteiger charge is 2.36. The molecule has 5 nitrogen and oxygen atoms in total. The van der Waals surface area contributed by atoms with Gasteiger partial charge in [-0.25, -0.2) is 9.59 Å². The third kappa shape index (κ3) is 3.97. The highest BCUT2D eigenvalue weighted by molar-refractivity contribution is 5.80. The van der Waals surface area contributed by atoms with Crippen molar-refractivity contribution in [1.82, 2.24) is 4.90 Å². The smallest absolute Gasteiger partial charge is 0.410 e. The zero-order chi connectivity index (χ0) is 15.2. The Hall–Kier alpha value is -2.04. The summed E-state index contributed by atoms with van der Waals surface area (Å²) in [6, 6.07) is 8.59. The Morgan fingerprint density at radius 3 is 2.67 bits per heavy atom. The van der Waals surface area contributed by atoms with Crippen LogP contribution in [0.25, 0.3) is 0 Å². The molecule has 1 aromatic rings. The predicted molar refractivity (Wildman–Crippen MR) is 77.8 cm³/mol. The summed E-state index contributed by atoms with van der Waals surface area (Å²) < 4.78 is 5.24. The van der Waals surface area contributed by atoms with E-state index in [0.29, 0.717) is 18.9 Å². The predicted octanol–water partition coefficient (Wildman–Crippen LogP) is 2.90. The molecule has 0 aromatic heterocycles. The molecule has 0 spiro atoms. The molecule has 1 aliphatic heterocycles. The fourth-order valence-electron chi connectivity index (χ4n) is 2.66. The highest BCUT2D eigenvalue weighted by Crippen LogP contribution is 2.26. The van der Waals surface area contributed by atoms with Crippen molar-refractivity contribution >= 4 is 12.1 Å². The minimum Gasteiger partial charge on any atom is -0.480 e. The van der Waals surface area contributed by atoms with Gasteiger partial charge in [-0.05, 0) is 24.3 Å². The Bertz CT molecular complexity index is 488. The molecule has 0 saturated carbocycles. The fraction of sp³-hybridized carbons (Fsp3) is 0.500. The molecule has 1 aliphatic rings. The Labute approximate surface area is 124 Å². The van der Waals surface area contributed by atoms with Crippen LogP contribution < -0.4 is 0 Å². The lowest BCUT2D eigenvalue weighted by molar-refractivity contribution is -0.144. The molecule has 5 heteroatoms. The topological polar surface area (TPSA) is 66.8 Å². The lowest BCUT2D eigenvalue weighted by Gasteiger charge is -2.36. The lowest BCUT2D eigenvalue weighted by atomic mass is 9.89. The first-order chi connectivity index (χ1) is 10.1. The average Bonchev–Trinajstić information content (AvgIpc) is 2.52. The third-order valence-corrected chi connectivity index (χ3v) is 4.01. The van der Waals surface area contributed by atoms with Gasteiger partial charge in [0.2, 0.25) is 0 Å². The molecular weight excluding hydrogens is 270 g/mol. The molecule has 0 radical (unpaired) electrons. The summed E-state index contributed by atoms with van der Waals surface area (Å²) >= 11 is 0. The lowest BCUT2D eigenvalue weighted by Crippen LogP contribution is -2.50. The first-order valence-electron chi connectivity index (χ1n) is 7.32. The molecule has 2 atom stereocenters. The number of carboxylic acids is 1. The van der Waals surface area contributed by atoms with Crippen molar-refractivity contribution in [2.75, 3.05) is 6.54 Å². The van der Waals surface area contributed by atoms with Crippen LogP contribution in [0.4, 0.5) is 4.79 Å². The van der Waals surface area contributed by atoms with Gasteiger partial charge < -0.3 is 9.84 Å². The number of hydrogen-bond acceptors (Lipinski definition) is 3. The molecule has 1 heterocycles. The van der Waals surface area contributed by atoms with Crippen LogP contribution in [-0.4, -0.2) is 34.7 Å². The van der Waals surface area contributed by atoms with Crippen molar-refractivity contribution in [3.63, 3.8) is 0 Å². The van der Waals surface area contributed by atoms with E-state index in [9.17, 15) is 14.7 Å². The number of likely N-dealkylation sites (tertiary alicyclic amines) is 1. The Kier molecular flexibility index (Phi) is 5.20. The second kappa shape index (κ2) is 7.11. The van der Waals surface area contributed by atoms with Gasteiger partial charge in [0.1, 0.15) is 12.6 Å². The first kappa shape index (κ1) is 15.4. The van der Waals surface area contributed by atoms with Gasteiger partial charge >= 0.3 is 12.1 Å². The molecule has 0 bridgehead atoms. The molecule has 21 heavy (non-hydrogen) atoms. The molecule has 1 aromatic carbocycles. The second-order valence-electron chi connectivity index (χ2n) is 5.39. The van der Waals surface area contributed by atoms with Gasteiger partial charge in [-0.1, -0.05) is 43.7 Å². The van der Waals surface area contributed by atoms with Crippen LogP contribution >= 0.6 is 0 Å². The van der Waals surface area contributed by atoms with E-state index in [1.54, 1.807) is 0 Å². The van der Waals surface area contributed by atoms with Gasteiger partial charge in [0, 0.05) is 6.54 Å². The van der Waals surface area contributed by atoms with Crippen LogP contribution in [0.2, 0.25) is 0 Å². The maximum atomic E-state index is 12.1.